The van der Waals surface area contributed by atoms with Crippen molar-refractivity contribution in [2.45, 2.75) is 38.3 Å². The largest absolute Gasteiger partial charge is 0.481 e. The molecule has 7 heteroatoms. The van der Waals surface area contributed by atoms with Crippen LogP contribution in [0.1, 0.15) is 37.1 Å². The standard InChI is InChI=1S/C18H24N4O3/c1-13(16-10-11-22(2)21-16)19-18(25)20-15(8-9-17(23)24)12-14-6-4-3-5-7-14/h3-7,10-11,13,15H,8-9,12H2,1-2H3,(H,23,24)(H2,19,20,25). The fraction of sp³-hybridized carbons (Fsp3) is 0.389. The van der Waals surface area contributed by atoms with E-state index in [2.05, 4.69) is 15.7 Å². The number of carboxylic acid groups (broad SMARTS) is 1. The Morgan fingerprint density at radius 2 is 1.92 bits per heavy atom. The van der Waals surface area contributed by atoms with Crippen LogP contribution in [-0.4, -0.2) is 32.9 Å². The van der Waals surface area contributed by atoms with Crippen LogP contribution < -0.4 is 10.6 Å². The van der Waals surface area contributed by atoms with Crippen LogP contribution in [0.2, 0.25) is 0 Å². The number of aryl methyl sites for hydroxylation is 1. The molecule has 0 fully saturated rings. The molecular weight excluding hydrogens is 320 g/mol. The Labute approximate surface area is 147 Å². The SMILES string of the molecule is CC(NC(=O)NC(CCC(=O)O)Cc1ccccc1)c1ccn(C)n1. The Morgan fingerprint density at radius 3 is 2.52 bits per heavy atom. The van der Waals surface area contributed by atoms with E-state index in [1.165, 1.54) is 0 Å². The lowest BCUT2D eigenvalue weighted by Crippen LogP contribution is -2.44. The molecule has 134 valence electrons. The fourth-order valence-electron chi connectivity index (χ4n) is 2.58. The van der Waals surface area contributed by atoms with Gasteiger partial charge in [-0.3, -0.25) is 9.48 Å². The van der Waals surface area contributed by atoms with Crippen molar-refractivity contribution in [3.63, 3.8) is 0 Å². The fourth-order valence-corrected chi connectivity index (χ4v) is 2.58. The minimum absolute atomic E-state index is 0.00751. The van der Waals surface area contributed by atoms with E-state index in [1.807, 2.05) is 56.6 Å². The van der Waals surface area contributed by atoms with Crippen molar-refractivity contribution >= 4 is 12.0 Å². The highest BCUT2D eigenvalue weighted by atomic mass is 16.4. The number of rotatable bonds is 8. The van der Waals surface area contributed by atoms with E-state index < -0.39 is 5.97 Å². The maximum atomic E-state index is 12.3. The summed E-state index contributed by atoms with van der Waals surface area (Å²) in [5, 5.41) is 18.9. The highest BCUT2D eigenvalue weighted by Gasteiger charge is 2.17. The normalized spacial score (nSPS) is 13.0. The first kappa shape index (κ1) is 18.5. The first-order valence-corrected chi connectivity index (χ1v) is 8.26. The van der Waals surface area contributed by atoms with E-state index in [0.717, 1.165) is 11.3 Å². The molecule has 0 saturated carbocycles. The highest BCUT2D eigenvalue weighted by molar-refractivity contribution is 5.75. The lowest BCUT2D eigenvalue weighted by molar-refractivity contribution is -0.137. The second-order valence-electron chi connectivity index (χ2n) is 6.07. The van der Waals surface area contributed by atoms with Crippen LogP contribution in [0.3, 0.4) is 0 Å². The van der Waals surface area contributed by atoms with Crippen LogP contribution in [0.15, 0.2) is 42.6 Å². The minimum Gasteiger partial charge on any atom is -0.481 e. The van der Waals surface area contributed by atoms with Crippen molar-refractivity contribution in [1.82, 2.24) is 20.4 Å². The zero-order valence-electron chi connectivity index (χ0n) is 14.5. The number of hydrogen-bond donors (Lipinski definition) is 3. The summed E-state index contributed by atoms with van der Waals surface area (Å²) in [6.07, 6.45) is 2.78. The summed E-state index contributed by atoms with van der Waals surface area (Å²) in [6.45, 7) is 1.85. The van der Waals surface area contributed by atoms with Gasteiger partial charge in [-0.15, -0.1) is 0 Å². The molecule has 0 radical (unpaired) electrons. The summed E-state index contributed by atoms with van der Waals surface area (Å²) in [6, 6.07) is 10.7. The Hall–Kier alpha value is -2.83. The van der Waals surface area contributed by atoms with E-state index in [1.54, 1.807) is 4.68 Å². The molecule has 1 aromatic heterocycles. The number of carboxylic acids is 1. The molecule has 2 aromatic rings. The number of urea groups is 1. The number of carbonyl (C=O) groups is 2. The van der Waals surface area contributed by atoms with Crippen LogP contribution in [0.25, 0.3) is 0 Å². The zero-order chi connectivity index (χ0) is 18.2. The first-order valence-electron chi connectivity index (χ1n) is 8.26. The van der Waals surface area contributed by atoms with E-state index >= 15 is 0 Å². The maximum absolute atomic E-state index is 12.3. The molecule has 0 bridgehead atoms. The van der Waals surface area contributed by atoms with Crippen LogP contribution in [0.4, 0.5) is 4.79 Å². The molecule has 25 heavy (non-hydrogen) atoms. The Balaban J connectivity index is 1.94. The topological polar surface area (TPSA) is 96.3 Å². The number of amides is 2. The van der Waals surface area contributed by atoms with Crippen molar-refractivity contribution in [3.05, 3.63) is 53.9 Å². The second kappa shape index (κ2) is 8.86. The Morgan fingerprint density at radius 1 is 1.20 bits per heavy atom. The molecule has 2 atom stereocenters. The minimum atomic E-state index is -0.873. The van der Waals surface area contributed by atoms with Crippen LogP contribution in [0.5, 0.6) is 0 Å². The van der Waals surface area contributed by atoms with Gasteiger partial charge in [0.2, 0.25) is 0 Å². The maximum Gasteiger partial charge on any atom is 0.315 e. The predicted octanol–water partition coefficient (Wildman–Crippen LogP) is 2.26. The number of hydrogen-bond acceptors (Lipinski definition) is 3. The van der Waals surface area contributed by atoms with Crippen LogP contribution in [0, 0.1) is 0 Å². The number of aromatic nitrogens is 2. The summed E-state index contributed by atoms with van der Waals surface area (Å²) in [5.41, 5.74) is 1.82. The van der Waals surface area contributed by atoms with Gasteiger partial charge >= 0.3 is 12.0 Å². The summed E-state index contributed by atoms with van der Waals surface area (Å²) in [5.74, 6) is -0.873. The molecule has 1 aromatic carbocycles. The zero-order valence-corrected chi connectivity index (χ0v) is 14.5. The van der Waals surface area contributed by atoms with Crippen molar-refractivity contribution in [2.24, 2.45) is 7.05 Å². The summed E-state index contributed by atoms with van der Waals surface area (Å²) >= 11 is 0. The van der Waals surface area contributed by atoms with Gasteiger partial charge in [-0.2, -0.15) is 5.10 Å². The van der Waals surface area contributed by atoms with Crippen LogP contribution >= 0.6 is 0 Å². The van der Waals surface area contributed by atoms with Crippen molar-refractivity contribution in [2.75, 3.05) is 0 Å². The molecule has 0 aliphatic heterocycles. The monoisotopic (exact) mass is 344 g/mol. The van der Waals surface area contributed by atoms with E-state index in [9.17, 15) is 9.59 Å². The third kappa shape index (κ3) is 6.29. The first-order chi connectivity index (χ1) is 11.9. The Bertz CT molecular complexity index is 699. The van der Waals surface area contributed by atoms with Gasteiger partial charge in [0.1, 0.15) is 0 Å². The molecule has 0 aliphatic rings. The highest BCUT2D eigenvalue weighted by Crippen LogP contribution is 2.10. The van der Waals surface area contributed by atoms with Gasteiger partial charge < -0.3 is 15.7 Å². The second-order valence-corrected chi connectivity index (χ2v) is 6.07. The lowest BCUT2D eigenvalue weighted by Gasteiger charge is -2.20. The molecule has 2 rings (SSSR count). The van der Waals surface area contributed by atoms with Gasteiger partial charge in [0.15, 0.2) is 0 Å². The average Bonchev–Trinajstić information content (AvgIpc) is 3.00. The quantitative estimate of drug-likeness (QED) is 0.684. The number of benzene rings is 1. The van der Waals surface area contributed by atoms with E-state index in [4.69, 9.17) is 5.11 Å². The third-order valence-electron chi connectivity index (χ3n) is 3.89. The number of aliphatic carboxylic acids is 1. The summed E-state index contributed by atoms with van der Waals surface area (Å²) < 4.78 is 1.68. The van der Waals surface area contributed by atoms with Crippen LogP contribution in [-0.2, 0) is 18.3 Å². The van der Waals surface area contributed by atoms with Crippen molar-refractivity contribution < 1.29 is 14.7 Å². The molecule has 1 heterocycles. The van der Waals surface area contributed by atoms with Crippen molar-refractivity contribution in [1.29, 1.82) is 0 Å². The van der Waals surface area contributed by atoms with Gasteiger partial charge in [-0.1, -0.05) is 30.3 Å². The number of nitrogens with one attached hydrogen (secondary N) is 2. The van der Waals surface area contributed by atoms with Gasteiger partial charge in [0, 0.05) is 25.7 Å². The van der Waals surface area contributed by atoms with Gasteiger partial charge in [0.05, 0.1) is 11.7 Å². The van der Waals surface area contributed by atoms with E-state index in [0.29, 0.717) is 12.8 Å². The molecule has 3 N–H and O–H groups in total. The molecular formula is C18H24N4O3. The van der Waals surface area contributed by atoms with Crippen molar-refractivity contribution in [3.8, 4) is 0 Å². The third-order valence-corrected chi connectivity index (χ3v) is 3.89. The molecule has 0 spiro atoms. The predicted molar refractivity (Wildman–Crippen MR) is 94.1 cm³/mol. The smallest absolute Gasteiger partial charge is 0.315 e. The molecule has 7 nitrogen and oxygen atoms in total. The lowest BCUT2D eigenvalue weighted by atomic mass is 10.0. The number of carbonyl (C=O) groups excluding carboxylic acids is 1. The van der Waals surface area contributed by atoms with E-state index in [-0.39, 0.29) is 24.5 Å². The summed E-state index contributed by atoms with van der Waals surface area (Å²) in [4.78, 5) is 23.1. The molecule has 2 unspecified atom stereocenters. The van der Waals surface area contributed by atoms with Gasteiger partial charge in [0.25, 0.3) is 0 Å². The molecule has 0 saturated heterocycles. The summed E-state index contributed by atoms with van der Waals surface area (Å²) in [7, 11) is 1.82. The average molecular weight is 344 g/mol. The number of nitrogens with zero attached hydrogens (tertiary/aromatic N) is 2. The van der Waals surface area contributed by atoms with Gasteiger partial charge in [-0.25, -0.2) is 4.79 Å². The molecule has 0 aliphatic carbocycles. The van der Waals surface area contributed by atoms with Gasteiger partial charge in [-0.05, 0) is 31.4 Å². The molecule has 2 amide bonds. The Kier molecular flexibility index (Phi) is 6.56.